The standard InChI is InChI=1S/C20H20O7.C3H6O2/c1-9-16(19(25)11-4-3-5-15(27-2)13(11)8-21)20(26)12-6-10(22)7-14(23)17(12)18(9)24;1-3(5)2-4/h3-5,8,10,14,22-24,26H,6-7H2,1-2H3;4H,2H2,1H3/t10-,14-;/m0./s1. The lowest BCUT2D eigenvalue weighted by molar-refractivity contribution is -0.119. The van der Waals surface area contributed by atoms with E-state index in [1.807, 2.05) is 0 Å². The van der Waals surface area contributed by atoms with Crippen molar-refractivity contribution in [3.8, 4) is 17.2 Å². The van der Waals surface area contributed by atoms with Gasteiger partial charge in [0.1, 0.15) is 23.9 Å². The highest BCUT2D eigenvalue weighted by Gasteiger charge is 2.34. The lowest BCUT2D eigenvalue weighted by Crippen LogP contribution is -2.24. The van der Waals surface area contributed by atoms with Crippen molar-refractivity contribution in [3.63, 3.8) is 0 Å². The SMILES string of the molecule is CC(=O)CO.COc1cccc(C(=O)c2c(C)c(O)c3c(c2O)C[C@H](O)C[C@@H]3O)c1C=O. The number of phenols is 2. The lowest BCUT2D eigenvalue weighted by atomic mass is 9.81. The number of fused-ring (bicyclic) bond motifs is 1. The molecule has 0 saturated heterocycles. The summed E-state index contributed by atoms with van der Waals surface area (Å²) in [6.07, 6.45) is -1.56. The summed E-state index contributed by atoms with van der Waals surface area (Å²) in [7, 11) is 1.37. The third kappa shape index (κ3) is 4.80. The molecule has 0 heterocycles. The van der Waals surface area contributed by atoms with Crippen LogP contribution in [0.4, 0.5) is 0 Å². The normalized spacial score (nSPS) is 16.9. The molecular formula is C23H26O9. The van der Waals surface area contributed by atoms with Crippen molar-refractivity contribution in [2.45, 2.75) is 38.9 Å². The molecule has 0 aliphatic heterocycles. The lowest BCUT2D eigenvalue weighted by Gasteiger charge is -2.29. The maximum Gasteiger partial charge on any atom is 0.198 e. The highest BCUT2D eigenvalue weighted by Crippen LogP contribution is 2.45. The molecule has 172 valence electrons. The number of carbonyl (C=O) groups is 3. The fourth-order valence-electron chi connectivity index (χ4n) is 3.63. The molecule has 0 unspecified atom stereocenters. The van der Waals surface area contributed by atoms with Gasteiger partial charge in [-0.2, -0.15) is 0 Å². The molecule has 2 aromatic rings. The molecule has 32 heavy (non-hydrogen) atoms. The minimum Gasteiger partial charge on any atom is -0.507 e. The van der Waals surface area contributed by atoms with Crippen molar-refractivity contribution in [3.05, 3.63) is 51.6 Å². The Balaban J connectivity index is 0.000000654. The maximum atomic E-state index is 13.1. The predicted octanol–water partition coefficient (Wildman–Crippen LogP) is 1.37. The zero-order valence-corrected chi connectivity index (χ0v) is 18.0. The number of Topliss-reactive ketones (excluding diaryl/α,β-unsaturated/α-hetero) is 1. The van der Waals surface area contributed by atoms with Crippen LogP contribution in [0.15, 0.2) is 18.2 Å². The van der Waals surface area contributed by atoms with Crippen LogP contribution in [-0.4, -0.2) is 63.2 Å². The number of benzene rings is 2. The largest absolute Gasteiger partial charge is 0.507 e. The predicted molar refractivity (Wildman–Crippen MR) is 113 cm³/mol. The zero-order valence-electron chi connectivity index (χ0n) is 18.0. The van der Waals surface area contributed by atoms with Crippen molar-refractivity contribution in [2.75, 3.05) is 13.7 Å². The highest BCUT2D eigenvalue weighted by atomic mass is 16.5. The summed E-state index contributed by atoms with van der Waals surface area (Å²) in [6.45, 7) is 2.45. The van der Waals surface area contributed by atoms with E-state index in [2.05, 4.69) is 0 Å². The van der Waals surface area contributed by atoms with Crippen LogP contribution in [0, 0.1) is 6.92 Å². The zero-order chi connectivity index (χ0) is 24.2. The molecule has 1 aliphatic rings. The number of methoxy groups -OCH3 is 1. The second-order valence-corrected chi connectivity index (χ2v) is 7.43. The first-order valence-electron chi connectivity index (χ1n) is 9.79. The van der Waals surface area contributed by atoms with E-state index in [1.165, 1.54) is 39.2 Å². The number of phenolic OH excluding ortho intramolecular Hbond substituents is 2. The monoisotopic (exact) mass is 446 g/mol. The Hall–Kier alpha value is -3.27. The number of ketones is 2. The number of aliphatic hydroxyl groups excluding tert-OH is 3. The number of aromatic hydroxyl groups is 2. The van der Waals surface area contributed by atoms with Crippen molar-refractivity contribution in [1.29, 1.82) is 0 Å². The van der Waals surface area contributed by atoms with E-state index in [0.717, 1.165) is 0 Å². The van der Waals surface area contributed by atoms with Crippen LogP contribution < -0.4 is 4.74 Å². The van der Waals surface area contributed by atoms with Gasteiger partial charge < -0.3 is 30.3 Å². The van der Waals surface area contributed by atoms with Crippen LogP contribution in [0.25, 0.3) is 0 Å². The summed E-state index contributed by atoms with van der Waals surface area (Å²) in [4.78, 5) is 34.2. The minimum absolute atomic E-state index is 0.00893. The molecule has 9 nitrogen and oxygen atoms in total. The van der Waals surface area contributed by atoms with Crippen molar-refractivity contribution in [1.82, 2.24) is 0 Å². The van der Waals surface area contributed by atoms with E-state index in [1.54, 1.807) is 0 Å². The van der Waals surface area contributed by atoms with Crippen molar-refractivity contribution >= 4 is 17.9 Å². The summed E-state index contributed by atoms with van der Waals surface area (Å²) in [5, 5.41) is 49.1. The van der Waals surface area contributed by atoms with Crippen molar-refractivity contribution < 1.29 is 44.7 Å². The summed E-state index contributed by atoms with van der Waals surface area (Å²) >= 11 is 0. The molecule has 0 aromatic heterocycles. The molecule has 9 heteroatoms. The molecule has 0 spiro atoms. The molecule has 0 fully saturated rings. The van der Waals surface area contributed by atoms with E-state index in [4.69, 9.17) is 9.84 Å². The van der Waals surface area contributed by atoms with E-state index < -0.39 is 23.7 Å². The Labute approximate surface area is 184 Å². The van der Waals surface area contributed by atoms with Gasteiger partial charge in [0.25, 0.3) is 0 Å². The number of rotatable bonds is 5. The summed E-state index contributed by atoms with van der Waals surface area (Å²) in [5.74, 6) is -1.37. The highest BCUT2D eigenvalue weighted by molar-refractivity contribution is 6.16. The molecule has 0 amide bonds. The molecule has 2 atom stereocenters. The van der Waals surface area contributed by atoms with Crippen molar-refractivity contribution in [2.24, 2.45) is 0 Å². The molecule has 0 bridgehead atoms. The number of hydrogen-bond donors (Lipinski definition) is 5. The van der Waals surface area contributed by atoms with E-state index in [-0.39, 0.29) is 70.1 Å². The molecule has 5 N–H and O–H groups in total. The van der Waals surface area contributed by atoms with Gasteiger partial charge in [0.05, 0.1) is 30.4 Å². The summed E-state index contributed by atoms with van der Waals surface area (Å²) in [6, 6.07) is 4.50. The third-order valence-corrected chi connectivity index (χ3v) is 5.20. The topological polar surface area (TPSA) is 162 Å². The quantitative estimate of drug-likeness (QED) is 0.259. The molecular weight excluding hydrogens is 420 g/mol. The number of ether oxygens (including phenoxy) is 1. The van der Waals surface area contributed by atoms with Gasteiger partial charge in [0.2, 0.25) is 0 Å². The summed E-state index contributed by atoms with van der Waals surface area (Å²) in [5.41, 5.74) is 0.201. The smallest absolute Gasteiger partial charge is 0.198 e. The first-order chi connectivity index (χ1) is 15.1. The average Bonchev–Trinajstić information content (AvgIpc) is 2.76. The van der Waals surface area contributed by atoms with Crippen LogP contribution in [0.3, 0.4) is 0 Å². The van der Waals surface area contributed by atoms with E-state index in [9.17, 15) is 34.8 Å². The Morgan fingerprint density at radius 1 is 1.19 bits per heavy atom. The van der Waals surface area contributed by atoms with Crippen LogP contribution >= 0.6 is 0 Å². The fourth-order valence-corrected chi connectivity index (χ4v) is 3.63. The van der Waals surface area contributed by atoms with Gasteiger partial charge in [-0.25, -0.2) is 0 Å². The second kappa shape index (κ2) is 10.4. The molecule has 0 radical (unpaired) electrons. The van der Waals surface area contributed by atoms with Crippen LogP contribution in [0.2, 0.25) is 0 Å². The first kappa shape index (κ1) is 25.0. The minimum atomic E-state index is -1.15. The Kier molecular flexibility index (Phi) is 8.09. The number of hydrogen-bond acceptors (Lipinski definition) is 9. The first-order valence-corrected chi connectivity index (χ1v) is 9.79. The molecule has 1 aliphatic carbocycles. The van der Waals surface area contributed by atoms with Gasteiger partial charge in [-0.05, 0) is 19.9 Å². The van der Waals surface area contributed by atoms with Gasteiger partial charge in [-0.15, -0.1) is 0 Å². The number of aldehydes is 1. The Morgan fingerprint density at radius 3 is 2.34 bits per heavy atom. The molecule has 2 aromatic carbocycles. The molecule has 0 saturated carbocycles. The second-order valence-electron chi connectivity index (χ2n) is 7.43. The average molecular weight is 446 g/mol. The number of aliphatic hydroxyl groups is 3. The van der Waals surface area contributed by atoms with Gasteiger partial charge in [0, 0.05) is 35.1 Å². The van der Waals surface area contributed by atoms with Crippen LogP contribution in [0.1, 0.15) is 62.4 Å². The number of carbonyl (C=O) groups excluding carboxylic acids is 3. The van der Waals surface area contributed by atoms with Gasteiger partial charge in [0.15, 0.2) is 17.9 Å². The summed E-state index contributed by atoms with van der Waals surface area (Å²) < 4.78 is 5.10. The Bertz CT molecular complexity index is 1040. The van der Waals surface area contributed by atoms with Gasteiger partial charge >= 0.3 is 0 Å². The third-order valence-electron chi connectivity index (χ3n) is 5.20. The van der Waals surface area contributed by atoms with E-state index >= 15 is 0 Å². The van der Waals surface area contributed by atoms with Gasteiger partial charge in [-0.3, -0.25) is 14.4 Å². The van der Waals surface area contributed by atoms with Crippen LogP contribution in [0.5, 0.6) is 17.2 Å². The van der Waals surface area contributed by atoms with E-state index in [0.29, 0.717) is 6.29 Å². The Morgan fingerprint density at radius 2 is 1.81 bits per heavy atom. The molecule has 3 rings (SSSR count). The fraction of sp³-hybridized carbons (Fsp3) is 0.348. The maximum absolute atomic E-state index is 13.1. The van der Waals surface area contributed by atoms with Gasteiger partial charge in [-0.1, -0.05) is 12.1 Å². The van der Waals surface area contributed by atoms with Crippen LogP contribution in [-0.2, 0) is 11.2 Å².